The lowest BCUT2D eigenvalue weighted by Gasteiger charge is -2.15. The molecule has 0 spiro atoms. The third kappa shape index (κ3) is 3.14. The van der Waals surface area contributed by atoms with Crippen LogP contribution in [0.4, 0.5) is 0 Å². The van der Waals surface area contributed by atoms with Crippen molar-refractivity contribution in [2.75, 3.05) is 28.2 Å². The Hall–Kier alpha value is -0.268. The van der Waals surface area contributed by atoms with E-state index in [0.29, 0.717) is 0 Å². The van der Waals surface area contributed by atoms with Gasteiger partial charge in [-0.3, -0.25) is 0 Å². The fraction of sp³-hybridized carbons (Fsp3) is 0.600. The SMILES string of the molecule is CN(C)Cc1ccc(CN(C)C)[n]1[AlH2]. The number of hydrogen-bond donors (Lipinski definition) is 0. The molecule has 3 nitrogen and oxygen atoms in total. The fourth-order valence-electron chi connectivity index (χ4n) is 1.57. The molecule has 0 aromatic carbocycles. The van der Waals surface area contributed by atoms with Crippen molar-refractivity contribution in [2.24, 2.45) is 0 Å². The van der Waals surface area contributed by atoms with Crippen LogP contribution in [0.2, 0.25) is 0 Å². The molecule has 0 radical (unpaired) electrons. The molecule has 1 rings (SSSR count). The monoisotopic (exact) mass is 209 g/mol. The number of hydrogen-bond acceptors (Lipinski definition) is 2. The van der Waals surface area contributed by atoms with Crippen LogP contribution in [-0.2, 0) is 13.1 Å². The van der Waals surface area contributed by atoms with Crippen molar-refractivity contribution in [3.8, 4) is 0 Å². The Bertz CT molecular complexity index is 264. The third-order valence-corrected chi connectivity index (χ3v) is 3.44. The van der Waals surface area contributed by atoms with Gasteiger partial charge in [-0.05, 0) is 40.3 Å². The highest BCUT2D eigenvalue weighted by molar-refractivity contribution is 6.07. The Morgan fingerprint density at radius 3 is 1.64 bits per heavy atom. The second kappa shape index (κ2) is 4.99. The minimum absolute atomic E-state index is 1.04. The summed E-state index contributed by atoms with van der Waals surface area (Å²) >= 11 is 1.07. The lowest BCUT2D eigenvalue weighted by molar-refractivity contribution is 0.385. The molecule has 1 aromatic heterocycles. The Kier molecular flexibility index (Phi) is 4.21. The minimum atomic E-state index is 1.04. The van der Waals surface area contributed by atoms with Crippen LogP contribution in [0.1, 0.15) is 11.4 Å². The van der Waals surface area contributed by atoms with Gasteiger partial charge in [0.1, 0.15) is 0 Å². The number of aromatic nitrogens is 1. The molecular formula is C10H20AlN3. The minimum Gasteiger partial charge on any atom is -0.445 e. The van der Waals surface area contributed by atoms with E-state index in [1.54, 1.807) is 0 Å². The molecule has 78 valence electrons. The molecule has 0 saturated carbocycles. The van der Waals surface area contributed by atoms with Gasteiger partial charge in [0.2, 0.25) is 0 Å². The van der Waals surface area contributed by atoms with Crippen LogP contribution >= 0.6 is 0 Å². The van der Waals surface area contributed by atoms with E-state index in [1.807, 2.05) is 0 Å². The van der Waals surface area contributed by atoms with Crippen LogP contribution < -0.4 is 0 Å². The molecule has 14 heavy (non-hydrogen) atoms. The maximum Gasteiger partial charge on any atom is 0.369 e. The van der Waals surface area contributed by atoms with Crippen molar-refractivity contribution in [3.05, 3.63) is 23.5 Å². The number of rotatable bonds is 4. The molecule has 0 aliphatic heterocycles. The topological polar surface area (TPSA) is 11.4 Å². The summed E-state index contributed by atoms with van der Waals surface area (Å²) in [6.07, 6.45) is 0. The van der Waals surface area contributed by atoms with Gasteiger partial charge in [-0.1, -0.05) is 0 Å². The summed E-state index contributed by atoms with van der Waals surface area (Å²) in [6, 6.07) is 4.48. The van der Waals surface area contributed by atoms with Crippen LogP contribution in [0.3, 0.4) is 0 Å². The van der Waals surface area contributed by atoms with E-state index in [9.17, 15) is 0 Å². The normalized spacial score (nSPS) is 11.6. The largest absolute Gasteiger partial charge is 0.445 e. The van der Waals surface area contributed by atoms with Gasteiger partial charge < -0.3 is 13.4 Å². The molecule has 4 heteroatoms. The summed E-state index contributed by atoms with van der Waals surface area (Å²) in [5.74, 6) is 0. The third-order valence-electron chi connectivity index (χ3n) is 2.29. The molecule has 0 aliphatic carbocycles. The Labute approximate surface area is 94.9 Å². The highest BCUT2D eigenvalue weighted by Gasteiger charge is 2.04. The van der Waals surface area contributed by atoms with Crippen LogP contribution in [0.25, 0.3) is 0 Å². The van der Waals surface area contributed by atoms with Gasteiger partial charge in [-0.2, -0.15) is 0 Å². The zero-order valence-electron chi connectivity index (χ0n) is 9.91. The Morgan fingerprint density at radius 1 is 1.00 bits per heavy atom. The predicted molar refractivity (Wildman–Crippen MR) is 63.2 cm³/mol. The van der Waals surface area contributed by atoms with Crippen molar-refractivity contribution in [3.63, 3.8) is 0 Å². The van der Waals surface area contributed by atoms with Gasteiger partial charge in [0.15, 0.2) is 0 Å². The highest BCUT2D eigenvalue weighted by Crippen LogP contribution is 2.09. The summed E-state index contributed by atoms with van der Waals surface area (Å²) in [5.41, 5.74) is 2.86. The van der Waals surface area contributed by atoms with Crippen molar-refractivity contribution >= 4 is 16.5 Å². The van der Waals surface area contributed by atoms with Gasteiger partial charge >= 0.3 is 16.5 Å². The van der Waals surface area contributed by atoms with E-state index in [0.717, 1.165) is 29.6 Å². The van der Waals surface area contributed by atoms with E-state index >= 15 is 0 Å². The maximum absolute atomic E-state index is 2.42. The summed E-state index contributed by atoms with van der Waals surface area (Å²) < 4.78 is 2.42. The van der Waals surface area contributed by atoms with Crippen molar-refractivity contribution < 1.29 is 0 Å². The van der Waals surface area contributed by atoms with Crippen LogP contribution in [0, 0.1) is 0 Å². The second-order valence-electron chi connectivity index (χ2n) is 4.35. The average molecular weight is 209 g/mol. The average Bonchev–Trinajstić information content (AvgIpc) is 2.34. The molecule has 0 saturated heterocycles. The maximum atomic E-state index is 2.42. The van der Waals surface area contributed by atoms with E-state index in [1.165, 1.54) is 11.4 Å². The molecule has 0 amide bonds. The molecule has 0 fully saturated rings. The van der Waals surface area contributed by atoms with Gasteiger partial charge in [-0.25, -0.2) is 0 Å². The van der Waals surface area contributed by atoms with Crippen molar-refractivity contribution in [1.82, 2.24) is 13.4 Å². The molecule has 0 N–H and O–H groups in total. The van der Waals surface area contributed by atoms with E-state index in [-0.39, 0.29) is 0 Å². The Morgan fingerprint density at radius 2 is 1.36 bits per heavy atom. The Balaban J connectivity index is 2.75. The molecule has 0 bridgehead atoms. The zero-order chi connectivity index (χ0) is 10.7. The molecule has 0 aliphatic rings. The molecule has 1 heterocycles. The van der Waals surface area contributed by atoms with Gasteiger partial charge in [0, 0.05) is 24.5 Å². The zero-order valence-corrected chi connectivity index (χ0v) is 11.9. The van der Waals surface area contributed by atoms with E-state index in [4.69, 9.17) is 0 Å². The van der Waals surface area contributed by atoms with Gasteiger partial charge in [0.25, 0.3) is 0 Å². The standard InChI is InChI=1S/C10H18N3.Al.2H/c1-12(2)7-9-5-6-10(11-9)8-13(3)4;;;/h5-6H,7-8H2,1-4H3;;;/q-1;+1;;. The summed E-state index contributed by atoms with van der Waals surface area (Å²) in [7, 11) is 8.45. The summed E-state index contributed by atoms with van der Waals surface area (Å²) in [6.45, 7) is 2.08. The molecular weight excluding hydrogens is 189 g/mol. The lowest BCUT2D eigenvalue weighted by Crippen LogP contribution is -2.17. The van der Waals surface area contributed by atoms with Crippen LogP contribution in [0.15, 0.2) is 12.1 Å². The molecule has 0 atom stereocenters. The van der Waals surface area contributed by atoms with Crippen LogP contribution in [-0.4, -0.2) is 58.1 Å². The predicted octanol–water partition coefficient (Wildman–Crippen LogP) is 0.00750. The van der Waals surface area contributed by atoms with Crippen molar-refractivity contribution in [1.29, 1.82) is 0 Å². The highest BCUT2D eigenvalue weighted by atomic mass is 27.1. The smallest absolute Gasteiger partial charge is 0.369 e. The first-order chi connectivity index (χ1) is 6.50. The van der Waals surface area contributed by atoms with Gasteiger partial charge in [0.05, 0.1) is 0 Å². The first kappa shape index (κ1) is 11.8. The summed E-state index contributed by atoms with van der Waals surface area (Å²) in [4.78, 5) is 4.42. The quantitative estimate of drug-likeness (QED) is 0.647. The molecule has 0 unspecified atom stereocenters. The van der Waals surface area contributed by atoms with Crippen molar-refractivity contribution in [2.45, 2.75) is 13.1 Å². The fourth-order valence-corrected chi connectivity index (χ4v) is 2.15. The first-order valence-corrected chi connectivity index (χ1v) is 5.83. The number of nitrogens with zero attached hydrogens (tertiary/aromatic N) is 3. The first-order valence-electron chi connectivity index (χ1n) is 4.93. The van der Waals surface area contributed by atoms with E-state index in [2.05, 4.69) is 53.7 Å². The second-order valence-corrected chi connectivity index (χ2v) is 5.25. The summed E-state index contributed by atoms with van der Waals surface area (Å²) in [5, 5.41) is 0. The molecule has 1 aromatic rings. The lowest BCUT2D eigenvalue weighted by atomic mass is 10.4. The van der Waals surface area contributed by atoms with Gasteiger partial charge in [-0.15, -0.1) is 0 Å². The van der Waals surface area contributed by atoms with E-state index < -0.39 is 0 Å². The van der Waals surface area contributed by atoms with Crippen LogP contribution in [0.5, 0.6) is 0 Å².